The normalized spacial score (nSPS) is 25.9. The second kappa shape index (κ2) is 49.3. The maximum absolute atomic E-state index is 13.8. The molecule has 4 fully saturated rings. The lowest BCUT2D eigenvalue weighted by Crippen LogP contribution is -2.69. The summed E-state index contributed by atoms with van der Waals surface area (Å²) in [5.41, 5.74) is 25.0. The number of ether oxygens (including phenoxy) is 13. The van der Waals surface area contributed by atoms with Crippen molar-refractivity contribution in [2.75, 3.05) is 39.6 Å². The van der Waals surface area contributed by atoms with Gasteiger partial charge in [0.15, 0.2) is 25.2 Å². The highest BCUT2D eigenvalue weighted by atomic mass is 31.1. The van der Waals surface area contributed by atoms with Gasteiger partial charge in [0, 0.05) is 55.2 Å². The van der Waals surface area contributed by atoms with Gasteiger partial charge in [0.05, 0.1) is 38.6 Å². The minimum atomic E-state index is -3.62. The van der Waals surface area contributed by atoms with Gasteiger partial charge in [-0.2, -0.15) is 0 Å². The van der Waals surface area contributed by atoms with E-state index >= 15 is 0 Å². The Balaban J connectivity index is 0.910. The van der Waals surface area contributed by atoms with Gasteiger partial charge in [-0.3, -0.25) is 9.59 Å². The van der Waals surface area contributed by atoms with E-state index in [9.17, 15) is 30.6 Å². The number of unbranched alkanes of at least 4 members (excludes halogenated alkanes) is 2. The Labute approximate surface area is 783 Å². The molecule has 692 valence electrons. The number of hydrogen-bond acceptors (Lipinski definition) is 23. The van der Waals surface area contributed by atoms with Gasteiger partial charge < -0.3 is 89.5 Å². The molecule has 0 aliphatic carbocycles. The van der Waals surface area contributed by atoms with E-state index in [0.717, 1.165) is 43.0 Å². The summed E-state index contributed by atoms with van der Waals surface area (Å²) in [5.74, 6) is -3.01. The zero-order valence-electron chi connectivity index (χ0n) is 76.3. The van der Waals surface area contributed by atoms with Crippen molar-refractivity contribution in [1.29, 1.82) is 0 Å². The predicted octanol–water partition coefficient (Wildman–Crippen LogP) is 14.4. The summed E-state index contributed by atoms with van der Waals surface area (Å²) in [4.78, 5) is 48.8. The van der Waals surface area contributed by atoms with Crippen LogP contribution in [-0.4, -0.2) is 225 Å². The van der Waals surface area contributed by atoms with Crippen LogP contribution in [0.15, 0.2) is 253 Å². The van der Waals surface area contributed by atoms with Crippen LogP contribution in [0.4, 0.5) is 4.79 Å². The Morgan fingerprint density at radius 1 is 0.417 bits per heavy atom. The molecule has 4 saturated heterocycles. The van der Waals surface area contributed by atoms with Crippen molar-refractivity contribution in [2.45, 2.75) is 235 Å². The molecule has 0 saturated carbocycles. The van der Waals surface area contributed by atoms with E-state index in [1.54, 1.807) is 11.8 Å². The molecule has 20 atom stereocenters. The van der Waals surface area contributed by atoms with E-state index in [4.69, 9.17) is 110 Å². The van der Waals surface area contributed by atoms with Crippen molar-refractivity contribution in [3.8, 4) is 0 Å². The number of amides is 1. The first-order valence-corrected chi connectivity index (χ1v) is 51.2. The zero-order chi connectivity index (χ0) is 94.0. The molecule has 8 aromatic rings. The van der Waals surface area contributed by atoms with Gasteiger partial charge in [0.1, 0.15) is 123 Å². The highest BCUT2D eigenvalue weighted by Gasteiger charge is 2.60. The molecule has 0 spiro atoms. The van der Waals surface area contributed by atoms with Crippen LogP contribution in [0.2, 0.25) is 10.1 Å². The molecule has 0 aromatic heterocycles. The SMILES string of the molecule is [B]P([B])O[C@@H]1C(N=[N+]=[N-])[C@@H](O[C@@H]2C(COC(C)=O)O[C@@H](O[C@@H]3C(CO[Si](c4ccccc4)(c4ccccc4)C(C)(C)C)O[C@H](O[C@@H]4C(COC(C)=O)O[C@@H](OCCCCCN(Cc5ccccc5)C(=O)OCc5ccccc5)C(C)[C@H]4OCc4ccccc4)C(N=[N+]=[N-])[C@H]3OP([B])[B])[C@@H](C)C2OCc2ccccc2)OC(CO[Si](c2ccccc2)(c2ccccc2)C(C)(C)C)[C@H]1O. The first-order chi connectivity index (χ1) is 63.6. The number of aliphatic hydroxyl groups is 1. The van der Waals surface area contributed by atoms with Crippen LogP contribution in [-0.2, 0) is 115 Å². The van der Waals surface area contributed by atoms with E-state index in [1.807, 2.05) is 250 Å². The van der Waals surface area contributed by atoms with Crippen molar-refractivity contribution in [1.82, 2.24) is 4.90 Å². The molecule has 132 heavy (non-hydrogen) atoms. The predicted molar refractivity (Wildman–Crippen MR) is 510 cm³/mol. The number of aliphatic hydroxyl groups excluding tert-OH is 1. The molecule has 4 aliphatic rings. The van der Waals surface area contributed by atoms with Crippen LogP contribution in [0.1, 0.15) is 111 Å². The maximum Gasteiger partial charge on any atom is 0.410 e. The van der Waals surface area contributed by atoms with Crippen molar-refractivity contribution >= 4 is 101 Å². The van der Waals surface area contributed by atoms with Crippen molar-refractivity contribution in [3.05, 3.63) is 286 Å². The second-order valence-corrected chi connectivity index (χ2v) is 45.9. The molecule has 36 heteroatoms. The van der Waals surface area contributed by atoms with Crippen LogP contribution < -0.4 is 20.7 Å². The number of carbonyl (C=O) groups excluding carboxylic acids is 3. The van der Waals surface area contributed by atoms with Gasteiger partial charge >= 0.3 is 18.0 Å². The van der Waals surface area contributed by atoms with Crippen LogP contribution in [0.25, 0.3) is 20.9 Å². The topological polar surface area (TPSA) is 329 Å². The quantitative estimate of drug-likeness (QED) is 0.00542. The van der Waals surface area contributed by atoms with E-state index in [-0.39, 0.29) is 39.6 Å². The lowest BCUT2D eigenvalue weighted by Gasteiger charge is -2.52. The number of azide groups is 2. The smallest absolute Gasteiger partial charge is 0.410 e. The fourth-order valence-electron chi connectivity index (χ4n) is 17.8. The molecule has 4 heterocycles. The summed E-state index contributed by atoms with van der Waals surface area (Å²) in [7, 11) is 14.3. The summed E-state index contributed by atoms with van der Waals surface area (Å²) in [5, 5.41) is 23.8. The third-order valence-corrected chi connectivity index (χ3v) is 35.1. The molecule has 8 unspecified atom stereocenters. The number of nitrogens with zero attached hydrogens (tertiary/aromatic N) is 7. The van der Waals surface area contributed by atoms with Gasteiger partial charge in [0.25, 0.3) is 16.6 Å². The minimum absolute atomic E-state index is 0.0473. The third-order valence-electron chi connectivity index (χ3n) is 24.1. The van der Waals surface area contributed by atoms with Crippen LogP contribution >= 0.6 is 15.8 Å². The molecule has 8 radical (unpaired) electrons. The molecule has 8 aromatic carbocycles. The summed E-state index contributed by atoms with van der Waals surface area (Å²) < 4.78 is 118. The summed E-state index contributed by atoms with van der Waals surface area (Å²) in [6, 6.07) is 74.6. The van der Waals surface area contributed by atoms with Gasteiger partial charge in [0.2, 0.25) is 0 Å². The lowest BCUT2D eigenvalue weighted by atomic mass is 9.90. The summed E-state index contributed by atoms with van der Waals surface area (Å²) in [6.45, 7) is 18.4. The fourth-order valence-corrected chi connectivity index (χ4v) is 28.0. The molecule has 28 nitrogen and oxygen atoms in total. The van der Waals surface area contributed by atoms with E-state index in [1.165, 1.54) is 13.8 Å². The van der Waals surface area contributed by atoms with Crippen LogP contribution in [0.3, 0.4) is 0 Å². The molecular weight excluding hydrogens is 1750 g/mol. The van der Waals surface area contributed by atoms with Crippen molar-refractivity contribution in [3.63, 3.8) is 0 Å². The highest BCUT2D eigenvalue weighted by Crippen LogP contribution is 2.47. The highest BCUT2D eigenvalue weighted by molar-refractivity contribution is 7.98. The molecular formula is C96H117B4N7O21P2Si2. The van der Waals surface area contributed by atoms with Crippen molar-refractivity contribution < 1.29 is 99.0 Å². The molecule has 12 rings (SSSR count). The van der Waals surface area contributed by atoms with Crippen LogP contribution in [0, 0.1) is 11.8 Å². The number of benzene rings is 8. The van der Waals surface area contributed by atoms with E-state index < -0.39 is 196 Å². The minimum Gasteiger partial charge on any atom is -0.463 e. The van der Waals surface area contributed by atoms with Gasteiger partial charge in [-0.05, 0) is 83.4 Å². The fraction of sp³-hybridized carbons (Fsp3) is 0.469. The summed E-state index contributed by atoms with van der Waals surface area (Å²) >= 11 is 0. The van der Waals surface area contributed by atoms with Crippen LogP contribution in [0.5, 0.6) is 0 Å². The largest absolute Gasteiger partial charge is 0.463 e. The Kier molecular flexibility index (Phi) is 38.3. The molecule has 1 N–H and O–H groups in total. The monoisotopic (exact) mass is 1870 g/mol. The maximum atomic E-state index is 13.8. The van der Waals surface area contributed by atoms with Gasteiger partial charge in [-0.15, -0.1) is 0 Å². The number of esters is 2. The van der Waals surface area contributed by atoms with E-state index in [0.29, 0.717) is 32.4 Å². The number of rotatable bonds is 43. The Hall–Kier alpha value is -8.46. The number of carbonyl (C=O) groups is 3. The van der Waals surface area contributed by atoms with Gasteiger partial charge in [-0.1, -0.05) is 324 Å². The van der Waals surface area contributed by atoms with E-state index in [2.05, 4.69) is 61.6 Å². The molecule has 1 amide bonds. The Morgan fingerprint density at radius 3 is 1.17 bits per heavy atom. The first kappa shape index (κ1) is 102. The first-order valence-electron chi connectivity index (χ1n) is 44.6. The summed E-state index contributed by atoms with van der Waals surface area (Å²) in [6.07, 6.45) is -20.7. The van der Waals surface area contributed by atoms with Crippen molar-refractivity contribution in [2.24, 2.45) is 22.1 Å². The average molecular weight is 1870 g/mol. The second-order valence-electron chi connectivity index (χ2n) is 35.4. The Bertz CT molecular complexity index is 4880. The standard InChI is InChI=1S/C96H117B4N7O21P2Si2/c1-64-83(115-57-69-40-22-12-23-41-69)85(77(60-113-66(3)108)121-90(64)112-55-37-19-36-54-107(56-68-38-20-11-21-39-68)94(111)117-59-71-44-26-14-27-45-71)126-93-81(104-106-102)89(128-130(99)100)87(79(123-93)63-119-132(96(8,9)10,74-50-32-17-33-51-74)75-52-34-18-35-53-75)124-91-65(2)84(116-58-70-42-24-13-25-43-70)86(78(122-91)61-114-67(4)109)125-92-80(103-105-101)88(127-129(97)98)82(110)76(120-92)62-118-131(95(5,6)7,72-46-28-15-29-47-72)73-48-30-16-31-49-73/h11-18,20-35,38-53,64-65,76-93,110H,19,36-37,54-63H2,1-10H3/t64?,65-,76?,77?,78?,79?,80?,81?,82+,83+,84?,85+,86+,87+,88+,89+,90+,91-,92+,93+/m0/s1. The average Bonchev–Trinajstić information content (AvgIpc) is 0.743. The number of hydrogen-bond donors (Lipinski definition) is 1. The zero-order valence-corrected chi connectivity index (χ0v) is 80.1. The molecule has 4 aliphatic heterocycles. The lowest BCUT2D eigenvalue weighted by molar-refractivity contribution is -0.369. The van der Waals surface area contributed by atoms with Gasteiger partial charge in [-0.25, -0.2) is 4.79 Å². The third kappa shape index (κ3) is 26.6. The molecule has 0 bridgehead atoms. The Morgan fingerprint density at radius 2 is 0.758 bits per heavy atom.